The van der Waals surface area contributed by atoms with Crippen LogP contribution >= 0.6 is 0 Å². The fraction of sp³-hybridized carbons (Fsp3) is 0.818. The number of hydrazone groups is 1. The van der Waals surface area contributed by atoms with Gasteiger partial charge >= 0.3 is 0 Å². The molecule has 0 aromatic heterocycles. The quantitative estimate of drug-likeness (QED) is 0.699. The van der Waals surface area contributed by atoms with E-state index in [4.69, 9.17) is 0 Å². The van der Waals surface area contributed by atoms with Crippen molar-refractivity contribution in [3.63, 3.8) is 0 Å². The Balaban J connectivity index is 2.09. The lowest BCUT2D eigenvalue weighted by Crippen LogP contribution is -2.49. The molecule has 1 fully saturated rings. The van der Waals surface area contributed by atoms with Crippen LogP contribution in [0.25, 0.3) is 0 Å². The van der Waals surface area contributed by atoms with Gasteiger partial charge in [-0.15, -0.1) is 0 Å². The standard InChI is InChI=1S/C11H19N3O/c1-8(2)14-6-4-11(5-7-14)9(3)12-13-10(11)15/h8H,4-7H2,1-3H3,(H,13,15). The maximum Gasteiger partial charge on any atom is 0.252 e. The molecule has 4 nitrogen and oxygen atoms in total. The molecule has 1 N–H and O–H groups in total. The van der Waals surface area contributed by atoms with Gasteiger partial charge in [0.25, 0.3) is 5.91 Å². The third-order valence-electron chi connectivity index (χ3n) is 3.83. The second-order valence-corrected chi connectivity index (χ2v) is 4.85. The predicted octanol–water partition coefficient (Wildman–Crippen LogP) is 0.983. The van der Waals surface area contributed by atoms with Gasteiger partial charge in [-0.2, -0.15) is 5.10 Å². The number of carbonyl (C=O) groups excluding carboxylic acids is 1. The highest BCUT2D eigenvalue weighted by molar-refractivity contribution is 6.11. The Bertz CT molecular complexity index is 301. The summed E-state index contributed by atoms with van der Waals surface area (Å²) in [6, 6.07) is 0.573. The third kappa shape index (κ3) is 1.57. The molecule has 2 aliphatic heterocycles. The lowest BCUT2D eigenvalue weighted by molar-refractivity contribution is -0.128. The first-order valence-electron chi connectivity index (χ1n) is 5.65. The van der Waals surface area contributed by atoms with Gasteiger partial charge < -0.3 is 4.90 Å². The van der Waals surface area contributed by atoms with Crippen LogP contribution in [0.4, 0.5) is 0 Å². The van der Waals surface area contributed by atoms with E-state index < -0.39 is 0 Å². The van der Waals surface area contributed by atoms with Crippen LogP contribution in [0.5, 0.6) is 0 Å². The highest BCUT2D eigenvalue weighted by Crippen LogP contribution is 2.36. The van der Waals surface area contributed by atoms with E-state index in [0.29, 0.717) is 6.04 Å². The molecule has 0 atom stereocenters. The van der Waals surface area contributed by atoms with Crippen molar-refractivity contribution in [2.24, 2.45) is 10.5 Å². The summed E-state index contributed by atoms with van der Waals surface area (Å²) in [6.45, 7) is 8.36. The molecule has 2 rings (SSSR count). The van der Waals surface area contributed by atoms with Crippen LogP contribution < -0.4 is 5.43 Å². The largest absolute Gasteiger partial charge is 0.301 e. The van der Waals surface area contributed by atoms with Crippen molar-refractivity contribution in [2.45, 2.75) is 39.7 Å². The first-order valence-corrected chi connectivity index (χ1v) is 5.65. The molecule has 1 saturated heterocycles. The average molecular weight is 209 g/mol. The minimum atomic E-state index is -0.286. The lowest BCUT2D eigenvalue weighted by atomic mass is 9.74. The summed E-state index contributed by atoms with van der Waals surface area (Å²) in [5.74, 6) is 0.100. The minimum absolute atomic E-state index is 0.100. The third-order valence-corrected chi connectivity index (χ3v) is 3.83. The molecule has 15 heavy (non-hydrogen) atoms. The Labute approximate surface area is 90.7 Å². The van der Waals surface area contributed by atoms with Crippen molar-refractivity contribution in [3.8, 4) is 0 Å². The van der Waals surface area contributed by atoms with Gasteiger partial charge in [0, 0.05) is 6.04 Å². The molecule has 1 spiro atoms. The van der Waals surface area contributed by atoms with E-state index in [2.05, 4.69) is 29.3 Å². The van der Waals surface area contributed by atoms with Crippen molar-refractivity contribution in [1.29, 1.82) is 0 Å². The number of carbonyl (C=O) groups is 1. The summed E-state index contributed by atoms with van der Waals surface area (Å²) in [5, 5.41) is 4.06. The molecule has 0 bridgehead atoms. The van der Waals surface area contributed by atoms with Gasteiger partial charge in [0.05, 0.1) is 11.1 Å². The molecule has 0 aliphatic carbocycles. The minimum Gasteiger partial charge on any atom is -0.301 e. The van der Waals surface area contributed by atoms with E-state index in [9.17, 15) is 4.79 Å². The average Bonchev–Trinajstić information content (AvgIpc) is 2.48. The number of nitrogens with zero attached hydrogens (tertiary/aromatic N) is 2. The van der Waals surface area contributed by atoms with Crippen LogP contribution in [0.2, 0.25) is 0 Å². The van der Waals surface area contributed by atoms with Crippen molar-refractivity contribution in [2.75, 3.05) is 13.1 Å². The van der Waals surface area contributed by atoms with Crippen LogP contribution in [0.3, 0.4) is 0 Å². The van der Waals surface area contributed by atoms with E-state index in [1.54, 1.807) is 0 Å². The van der Waals surface area contributed by atoms with Gasteiger partial charge in [-0.05, 0) is 46.7 Å². The Morgan fingerprint density at radius 1 is 1.40 bits per heavy atom. The van der Waals surface area contributed by atoms with E-state index in [0.717, 1.165) is 31.6 Å². The molecule has 2 heterocycles. The number of likely N-dealkylation sites (tertiary alicyclic amines) is 1. The molecular weight excluding hydrogens is 190 g/mol. The van der Waals surface area contributed by atoms with Crippen LogP contribution in [0.15, 0.2) is 5.10 Å². The van der Waals surface area contributed by atoms with Gasteiger partial charge in [0.1, 0.15) is 0 Å². The van der Waals surface area contributed by atoms with Crippen LogP contribution in [0, 0.1) is 5.41 Å². The molecule has 0 aromatic carbocycles. The zero-order chi connectivity index (χ0) is 11.1. The van der Waals surface area contributed by atoms with Crippen LogP contribution in [0.1, 0.15) is 33.6 Å². The normalized spacial score (nSPS) is 25.9. The molecule has 0 radical (unpaired) electrons. The van der Waals surface area contributed by atoms with Crippen molar-refractivity contribution in [1.82, 2.24) is 10.3 Å². The molecule has 1 amide bonds. The summed E-state index contributed by atoms with van der Waals surface area (Å²) < 4.78 is 0. The topological polar surface area (TPSA) is 44.7 Å². The Kier molecular flexibility index (Phi) is 2.54. The summed E-state index contributed by atoms with van der Waals surface area (Å²) in [4.78, 5) is 14.2. The van der Waals surface area contributed by atoms with Gasteiger partial charge in [-0.3, -0.25) is 4.79 Å². The summed E-state index contributed by atoms with van der Waals surface area (Å²) in [5.41, 5.74) is 3.29. The molecule has 2 aliphatic rings. The number of amides is 1. The predicted molar refractivity (Wildman–Crippen MR) is 59.6 cm³/mol. The first-order chi connectivity index (χ1) is 7.06. The van der Waals surface area contributed by atoms with Crippen molar-refractivity contribution >= 4 is 11.6 Å². The van der Waals surface area contributed by atoms with E-state index in [1.807, 2.05) is 6.92 Å². The number of piperidine rings is 1. The fourth-order valence-electron chi connectivity index (χ4n) is 2.52. The SMILES string of the molecule is CC1=NNC(=O)C12CCN(C(C)C)CC2. The summed E-state index contributed by atoms with van der Waals surface area (Å²) in [7, 11) is 0. The van der Waals surface area contributed by atoms with E-state index in [1.165, 1.54) is 0 Å². The molecule has 0 saturated carbocycles. The molecule has 4 heteroatoms. The molecule has 0 unspecified atom stereocenters. The maximum absolute atomic E-state index is 11.8. The summed E-state index contributed by atoms with van der Waals surface area (Å²) >= 11 is 0. The highest BCUT2D eigenvalue weighted by Gasteiger charge is 2.47. The smallest absolute Gasteiger partial charge is 0.252 e. The van der Waals surface area contributed by atoms with Crippen molar-refractivity contribution in [3.05, 3.63) is 0 Å². The number of hydrogen-bond donors (Lipinski definition) is 1. The number of hydrogen-bond acceptors (Lipinski definition) is 3. The van der Waals surface area contributed by atoms with Crippen LogP contribution in [-0.4, -0.2) is 35.7 Å². The summed E-state index contributed by atoms with van der Waals surface area (Å²) in [6.07, 6.45) is 1.82. The Morgan fingerprint density at radius 3 is 2.40 bits per heavy atom. The number of rotatable bonds is 1. The maximum atomic E-state index is 11.8. The zero-order valence-corrected chi connectivity index (χ0v) is 9.71. The first kappa shape index (κ1) is 10.6. The Hall–Kier alpha value is -0.900. The monoisotopic (exact) mass is 209 g/mol. The van der Waals surface area contributed by atoms with Crippen LogP contribution in [-0.2, 0) is 4.79 Å². The molecule has 0 aromatic rings. The molecule has 84 valence electrons. The van der Waals surface area contributed by atoms with E-state index >= 15 is 0 Å². The second-order valence-electron chi connectivity index (χ2n) is 4.85. The van der Waals surface area contributed by atoms with Gasteiger partial charge in [0.2, 0.25) is 0 Å². The van der Waals surface area contributed by atoms with Gasteiger partial charge in [-0.1, -0.05) is 0 Å². The molecular formula is C11H19N3O. The zero-order valence-electron chi connectivity index (χ0n) is 9.71. The van der Waals surface area contributed by atoms with E-state index in [-0.39, 0.29) is 11.3 Å². The van der Waals surface area contributed by atoms with Gasteiger partial charge in [0.15, 0.2) is 0 Å². The number of nitrogens with one attached hydrogen (secondary N) is 1. The lowest BCUT2D eigenvalue weighted by Gasteiger charge is -2.39. The van der Waals surface area contributed by atoms with Crippen molar-refractivity contribution < 1.29 is 4.79 Å². The second kappa shape index (κ2) is 3.59. The highest BCUT2D eigenvalue weighted by atomic mass is 16.2. The fourth-order valence-corrected chi connectivity index (χ4v) is 2.52. The van der Waals surface area contributed by atoms with Gasteiger partial charge in [-0.25, -0.2) is 5.43 Å². The Morgan fingerprint density at radius 2 is 2.00 bits per heavy atom.